The fourth-order valence-electron chi connectivity index (χ4n) is 2.41. The van der Waals surface area contributed by atoms with Gasteiger partial charge in [-0.05, 0) is 39.5 Å². The van der Waals surface area contributed by atoms with Crippen LogP contribution in [0.2, 0.25) is 0 Å². The highest BCUT2D eigenvalue weighted by Gasteiger charge is 2.52. The third-order valence-electron chi connectivity index (χ3n) is 3.39. The number of aromatic nitrogens is 1. The molecule has 1 unspecified atom stereocenters. The lowest BCUT2D eigenvalue weighted by atomic mass is 9.94. The van der Waals surface area contributed by atoms with Crippen molar-refractivity contribution in [1.29, 1.82) is 0 Å². The molecule has 112 valence electrons. The lowest BCUT2D eigenvalue weighted by Crippen LogP contribution is -2.59. The van der Waals surface area contributed by atoms with E-state index in [0.29, 0.717) is 16.9 Å². The Morgan fingerprint density at radius 1 is 1.65 bits per heavy atom. The van der Waals surface area contributed by atoms with Gasteiger partial charge in [0.15, 0.2) is 0 Å². The zero-order valence-electron chi connectivity index (χ0n) is 12.4. The molecule has 0 bridgehead atoms. The number of esters is 1. The van der Waals surface area contributed by atoms with Crippen LogP contribution in [0.5, 0.6) is 0 Å². The van der Waals surface area contributed by atoms with E-state index in [0.717, 1.165) is 18.5 Å². The fraction of sp³-hybridized carbons (Fsp3) is 0.714. The average Bonchev–Trinajstić information content (AvgIpc) is 3.17. The minimum Gasteiger partial charge on any atom is -0.468 e. The lowest BCUT2D eigenvalue weighted by Gasteiger charge is -2.33. The molecule has 1 aliphatic rings. The van der Waals surface area contributed by atoms with Gasteiger partial charge in [-0.3, -0.25) is 10.1 Å². The Balaban J connectivity index is 2.14. The van der Waals surface area contributed by atoms with Gasteiger partial charge in [0.2, 0.25) is 0 Å². The Morgan fingerprint density at radius 3 is 2.80 bits per heavy atom. The van der Waals surface area contributed by atoms with Crippen LogP contribution in [0.25, 0.3) is 0 Å². The van der Waals surface area contributed by atoms with Gasteiger partial charge in [0.25, 0.3) is 5.22 Å². The van der Waals surface area contributed by atoms with Crippen LogP contribution in [0.4, 0.5) is 0 Å². The van der Waals surface area contributed by atoms with E-state index in [9.17, 15) is 4.79 Å². The summed E-state index contributed by atoms with van der Waals surface area (Å²) in [6.45, 7) is 5.97. The second kappa shape index (κ2) is 6.18. The summed E-state index contributed by atoms with van der Waals surface area (Å²) in [5, 5.41) is 4.02. The van der Waals surface area contributed by atoms with Gasteiger partial charge in [-0.1, -0.05) is 11.8 Å². The summed E-state index contributed by atoms with van der Waals surface area (Å²) in [6, 6.07) is 0.210. The first kappa shape index (κ1) is 15.4. The smallest absolute Gasteiger partial charge is 0.327 e. The number of thioether (sulfide) groups is 1. The molecule has 1 aliphatic carbocycles. The van der Waals surface area contributed by atoms with Gasteiger partial charge in [-0.25, -0.2) is 4.98 Å². The van der Waals surface area contributed by atoms with Crippen LogP contribution in [0.1, 0.15) is 32.4 Å². The number of nitrogens with one attached hydrogen (secondary N) is 1. The summed E-state index contributed by atoms with van der Waals surface area (Å²) in [7, 11) is 1.45. The predicted octanol–water partition coefficient (Wildman–Crippen LogP) is 2.39. The zero-order valence-corrected chi connectivity index (χ0v) is 13.3. The standard InChI is InChI=1S/C14H22N2O3S/c1-9(2)16-14(11-5-6-11,12(17)18-4)8-20-13-15-10(3)7-19-13/h7,9,11,16H,5-6,8H2,1-4H3. The van der Waals surface area contributed by atoms with Crippen molar-refractivity contribution in [2.45, 2.75) is 50.4 Å². The number of rotatable bonds is 7. The molecule has 6 heteroatoms. The van der Waals surface area contributed by atoms with Crippen LogP contribution < -0.4 is 5.32 Å². The molecular formula is C14H22N2O3S. The van der Waals surface area contributed by atoms with Crippen LogP contribution in [0.15, 0.2) is 15.9 Å². The van der Waals surface area contributed by atoms with Gasteiger partial charge in [-0.2, -0.15) is 0 Å². The topological polar surface area (TPSA) is 64.4 Å². The molecule has 20 heavy (non-hydrogen) atoms. The molecule has 1 fully saturated rings. The average molecular weight is 298 g/mol. The van der Waals surface area contributed by atoms with E-state index < -0.39 is 5.54 Å². The van der Waals surface area contributed by atoms with Crippen LogP contribution >= 0.6 is 11.8 Å². The summed E-state index contributed by atoms with van der Waals surface area (Å²) in [5.41, 5.74) is 0.204. The number of aryl methyl sites for hydroxylation is 1. The number of oxazole rings is 1. The molecule has 0 amide bonds. The minimum atomic E-state index is -0.643. The highest BCUT2D eigenvalue weighted by molar-refractivity contribution is 7.99. The summed E-state index contributed by atoms with van der Waals surface area (Å²) < 4.78 is 10.4. The van der Waals surface area contributed by atoms with Gasteiger partial charge >= 0.3 is 5.97 Å². The second-order valence-corrected chi connectivity index (χ2v) is 6.51. The molecule has 1 N–H and O–H groups in total. The summed E-state index contributed by atoms with van der Waals surface area (Å²) in [6.07, 6.45) is 3.73. The number of methoxy groups -OCH3 is 1. The summed E-state index contributed by atoms with van der Waals surface area (Å²) in [5.74, 6) is 0.716. The van der Waals surface area contributed by atoms with Crippen molar-refractivity contribution in [2.24, 2.45) is 5.92 Å². The number of carbonyl (C=O) groups excluding carboxylic acids is 1. The molecule has 2 rings (SSSR count). The van der Waals surface area contributed by atoms with E-state index in [1.165, 1.54) is 18.9 Å². The maximum Gasteiger partial charge on any atom is 0.327 e. The molecular weight excluding hydrogens is 276 g/mol. The first-order valence-corrected chi connectivity index (χ1v) is 7.87. The van der Waals surface area contributed by atoms with Crippen molar-refractivity contribution in [3.05, 3.63) is 12.0 Å². The largest absolute Gasteiger partial charge is 0.468 e. The van der Waals surface area contributed by atoms with E-state index in [1.807, 2.05) is 20.8 Å². The molecule has 0 spiro atoms. The minimum absolute atomic E-state index is 0.190. The number of hydrogen-bond acceptors (Lipinski definition) is 6. The maximum atomic E-state index is 12.3. The molecule has 1 aromatic rings. The first-order chi connectivity index (χ1) is 9.48. The van der Waals surface area contributed by atoms with Gasteiger partial charge in [0, 0.05) is 11.8 Å². The molecule has 1 aromatic heterocycles. The first-order valence-electron chi connectivity index (χ1n) is 6.89. The van der Waals surface area contributed by atoms with Crippen LogP contribution in [0, 0.1) is 12.8 Å². The van der Waals surface area contributed by atoms with E-state index in [2.05, 4.69) is 10.3 Å². The Labute approximate surface area is 123 Å². The van der Waals surface area contributed by atoms with Crippen LogP contribution in [-0.4, -0.2) is 35.4 Å². The molecule has 0 saturated heterocycles. The Bertz CT molecular complexity index is 471. The highest BCUT2D eigenvalue weighted by Crippen LogP contribution is 2.43. The zero-order chi connectivity index (χ0) is 14.8. The Kier molecular flexibility index (Phi) is 4.75. The fourth-order valence-corrected chi connectivity index (χ4v) is 3.52. The van der Waals surface area contributed by atoms with E-state index in [4.69, 9.17) is 9.15 Å². The normalized spacial score (nSPS) is 18.1. The van der Waals surface area contributed by atoms with Crippen molar-refractivity contribution < 1.29 is 13.9 Å². The van der Waals surface area contributed by atoms with Gasteiger partial charge in [0.05, 0.1) is 12.8 Å². The Hall–Kier alpha value is -1.01. The van der Waals surface area contributed by atoms with Crippen molar-refractivity contribution in [3.8, 4) is 0 Å². The predicted molar refractivity (Wildman–Crippen MR) is 77.7 cm³/mol. The van der Waals surface area contributed by atoms with E-state index in [-0.39, 0.29) is 12.0 Å². The summed E-state index contributed by atoms with van der Waals surface area (Å²) >= 11 is 1.46. The van der Waals surface area contributed by atoms with Gasteiger partial charge in [-0.15, -0.1) is 0 Å². The molecule has 1 heterocycles. The van der Waals surface area contributed by atoms with Crippen molar-refractivity contribution in [1.82, 2.24) is 10.3 Å². The molecule has 0 radical (unpaired) electrons. The number of hydrogen-bond donors (Lipinski definition) is 1. The van der Waals surface area contributed by atoms with Crippen LogP contribution in [0.3, 0.4) is 0 Å². The molecule has 5 nitrogen and oxygen atoms in total. The third-order valence-corrected chi connectivity index (χ3v) is 4.43. The van der Waals surface area contributed by atoms with Crippen molar-refractivity contribution in [2.75, 3.05) is 12.9 Å². The van der Waals surface area contributed by atoms with Crippen molar-refractivity contribution >= 4 is 17.7 Å². The van der Waals surface area contributed by atoms with E-state index >= 15 is 0 Å². The third kappa shape index (κ3) is 3.35. The van der Waals surface area contributed by atoms with Gasteiger partial charge < -0.3 is 9.15 Å². The maximum absolute atomic E-state index is 12.3. The SMILES string of the molecule is COC(=O)C(CSc1nc(C)co1)(NC(C)C)C1CC1. The van der Waals surface area contributed by atoms with Crippen molar-refractivity contribution in [3.63, 3.8) is 0 Å². The van der Waals surface area contributed by atoms with Gasteiger partial charge in [0.1, 0.15) is 11.8 Å². The number of carbonyl (C=O) groups is 1. The monoisotopic (exact) mass is 298 g/mol. The highest BCUT2D eigenvalue weighted by atomic mass is 32.2. The molecule has 1 saturated carbocycles. The summed E-state index contributed by atoms with van der Waals surface area (Å²) in [4.78, 5) is 16.6. The lowest BCUT2D eigenvalue weighted by molar-refractivity contribution is -0.148. The number of nitrogens with zero attached hydrogens (tertiary/aromatic N) is 1. The molecule has 0 aliphatic heterocycles. The second-order valence-electron chi connectivity index (χ2n) is 5.58. The number of ether oxygens (including phenoxy) is 1. The van der Waals surface area contributed by atoms with Crippen LogP contribution in [-0.2, 0) is 9.53 Å². The van der Waals surface area contributed by atoms with E-state index in [1.54, 1.807) is 6.26 Å². The molecule has 0 aromatic carbocycles. The quantitative estimate of drug-likeness (QED) is 0.616. The Morgan fingerprint density at radius 2 is 2.35 bits per heavy atom. The molecule has 1 atom stereocenters.